The number of likely N-dealkylation sites (tertiary alicyclic amines) is 1. The summed E-state index contributed by atoms with van der Waals surface area (Å²) >= 11 is 1.52. The standard InChI is InChI=1S/C16H19N5OS/c1-12-11-23-16-18-13(8-15(22)21(12)16)9-19-6-2-4-14(19)10-20-7-3-5-17-20/h3,5,7-8,11,14H,2,4,6,9-10H2,1H3/t14-/m0/s1. The largest absolute Gasteiger partial charge is 0.293 e. The molecular formula is C16H19N5OS. The van der Waals surface area contributed by atoms with E-state index in [9.17, 15) is 4.79 Å². The maximum atomic E-state index is 12.3. The Kier molecular flexibility index (Phi) is 3.74. The van der Waals surface area contributed by atoms with Crippen LogP contribution in [0.3, 0.4) is 0 Å². The van der Waals surface area contributed by atoms with Gasteiger partial charge in [-0.25, -0.2) is 4.98 Å². The van der Waals surface area contributed by atoms with E-state index >= 15 is 0 Å². The molecule has 0 aliphatic carbocycles. The lowest BCUT2D eigenvalue weighted by atomic mass is 10.2. The van der Waals surface area contributed by atoms with Crippen LogP contribution in [0.25, 0.3) is 4.96 Å². The number of hydrogen-bond acceptors (Lipinski definition) is 5. The van der Waals surface area contributed by atoms with Gasteiger partial charge >= 0.3 is 0 Å². The summed E-state index contributed by atoms with van der Waals surface area (Å²) in [6.45, 7) is 4.62. The molecule has 0 N–H and O–H groups in total. The van der Waals surface area contributed by atoms with Crippen LogP contribution < -0.4 is 5.56 Å². The van der Waals surface area contributed by atoms with Crippen LogP contribution in [0, 0.1) is 6.92 Å². The van der Waals surface area contributed by atoms with Crippen molar-refractivity contribution in [3.63, 3.8) is 0 Å². The van der Waals surface area contributed by atoms with E-state index in [0.717, 1.165) is 36.0 Å². The highest BCUT2D eigenvalue weighted by Crippen LogP contribution is 2.21. The van der Waals surface area contributed by atoms with E-state index in [2.05, 4.69) is 15.0 Å². The molecule has 1 saturated heterocycles. The fraction of sp³-hybridized carbons (Fsp3) is 0.438. The van der Waals surface area contributed by atoms with Crippen molar-refractivity contribution in [3.8, 4) is 0 Å². The van der Waals surface area contributed by atoms with Crippen molar-refractivity contribution in [3.05, 3.63) is 51.6 Å². The third-order valence-corrected chi connectivity index (χ3v) is 5.39. The zero-order valence-electron chi connectivity index (χ0n) is 13.1. The van der Waals surface area contributed by atoms with Crippen LogP contribution in [0.15, 0.2) is 34.7 Å². The fourth-order valence-electron chi connectivity index (χ4n) is 3.32. The molecule has 1 aliphatic heterocycles. The zero-order chi connectivity index (χ0) is 15.8. The highest BCUT2D eigenvalue weighted by atomic mass is 32.1. The maximum absolute atomic E-state index is 12.3. The van der Waals surface area contributed by atoms with Gasteiger partial charge in [-0.2, -0.15) is 5.10 Å². The molecule has 3 aromatic rings. The second kappa shape index (κ2) is 5.90. The number of hydrogen-bond donors (Lipinski definition) is 0. The summed E-state index contributed by atoms with van der Waals surface area (Å²) in [5, 5.41) is 6.28. The van der Waals surface area contributed by atoms with Gasteiger partial charge in [0.05, 0.1) is 12.2 Å². The SMILES string of the molecule is Cc1csc2nc(CN3CCC[C@H]3Cn3cccn3)cc(=O)n12. The Morgan fingerprint density at radius 1 is 1.43 bits per heavy atom. The lowest BCUT2D eigenvalue weighted by molar-refractivity contribution is 0.217. The molecule has 0 unspecified atom stereocenters. The minimum Gasteiger partial charge on any atom is -0.293 e. The number of nitrogens with zero attached hydrogens (tertiary/aromatic N) is 5. The summed E-state index contributed by atoms with van der Waals surface area (Å²) in [6, 6.07) is 4.09. The van der Waals surface area contributed by atoms with Gasteiger partial charge in [0, 0.05) is 42.1 Å². The van der Waals surface area contributed by atoms with Gasteiger partial charge in [0.2, 0.25) is 0 Å². The van der Waals surface area contributed by atoms with Gasteiger partial charge in [0.1, 0.15) is 0 Å². The molecule has 1 aliphatic rings. The number of aromatic nitrogens is 4. The Morgan fingerprint density at radius 3 is 3.17 bits per heavy atom. The van der Waals surface area contributed by atoms with Crippen molar-refractivity contribution in [1.82, 2.24) is 24.1 Å². The number of fused-ring (bicyclic) bond motifs is 1. The number of thiazole rings is 1. The van der Waals surface area contributed by atoms with Crippen molar-refractivity contribution in [2.24, 2.45) is 0 Å². The minimum absolute atomic E-state index is 0.0200. The van der Waals surface area contributed by atoms with Gasteiger partial charge in [-0.3, -0.25) is 18.8 Å². The van der Waals surface area contributed by atoms with Crippen LogP contribution in [-0.2, 0) is 13.1 Å². The van der Waals surface area contributed by atoms with E-state index in [1.165, 1.54) is 24.2 Å². The molecule has 0 spiro atoms. The van der Waals surface area contributed by atoms with Crippen molar-refractivity contribution in [2.75, 3.05) is 6.54 Å². The molecule has 0 saturated carbocycles. The zero-order valence-corrected chi connectivity index (χ0v) is 13.9. The maximum Gasteiger partial charge on any atom is 0.259 e. The van der Waals surface area contributed by atoms with Crippen LogP contribution in [0.4, 0.5) is 0 Å². The Morgan fingerprint density at radius 2 is 2.35 bits per heavy atom. The normalized spacial score (nSPS) is 18.9. The molecule has 0 radical (unpaired) electrons. The molecule has 1 atom stereocenters. The van der Waals surface area contributed by atoms with E-state index in [1.807, 2.05) is 35.4 Å². The highest BCUT2D eigenvalue weighted by molar-refractivity contribution is 7.15. The van der Waals surface area contributed by atoms with Crippen molar-refractivity contribution in [1.29, 1.82) is 0 Å². The lowest BCUT2D eigenvalue weighted by Crippen LogP contribution is -2.33. The van der Waals surface area contributed by atoms with Crippen molar-refractivity contribution in [2.45, 2.75) is 38.9 Å². The molecule has 0 amide bonds. The quantitative estimate of drug-likeness (QED) is 0.734. The third kappa shape index (κ3) is 2.82. The summed E-state index contributed by atoms with van der Waals surface area (Å²) in [7, 11) is 0. The molecule has 7 heteroatoms. The monoisotopic (exact) mass is 329 g/mol. The van der Waals surface area contributed by atoms with E-state index in [-0.39, 0.29) is 5.56 Å². The van der Waals surface area contributed by atoms with Gasteiger partial charge < -0.3 is 0 Å². The molecular weight excluding hydrogens is 310 g/mol. The number of rotatable bonds is 4. The molecule has 6 nitrogen and oxygen atoms in total. The summed E-state index contributed by atoms with van der Waals surface area (Å²) in [4.78, 5) is 20.2. The Hall–Kier alpha value is -1.99. The van der Waals surface area contributed by atoms with Gasteiger partial charge in [-0.1, -0.05) is 0 Å². The topological polar surface area (TPSA) is 55.4 Å². The van der Waals surface area contributed by atoms with Crippen LogP contribution in [0.2, 0.25) is 0 Å². The first-order valence-electron chi connectivity index (χ1n) is 7.89. The molecule has 4 heterocycles. The van der Waals surface area contributed by atoms with Gasteiger partial charge in [-0.15, -0.1) is 11.3 Å². The van der Waals surface area contributed by atoms with Crippen molar-refractivity contribution < 1.29 is 0 Å². The summed E-state index contributed by atoms with van der Waals surface area (Å²) in [5.74, 6) is 0. The molecule has 0 bridgehead atoms. The Bertz CT molecular complexity index is 866. The van der Waals surface area contributed by atoms with E-state index < -0.39 is 0 Å². The predicted octanol–water partition coefficient (Wildman–Crippen LogP) is 1.93. The molecule has 23 heavy (non-hydrogen) atoms. The average molecular weight is 329 g/mol. The number of aryl methyl sites for hydroxylation is 1. The molecule has 120 valence electrons. The van der Waals surface area contributed by atoms with E-state index in [1.54, 1.807) is 10.5 Å². The first kappa shape index (κ1) is 14.6. The molecule has 3 aromatic heterocycles. The summed E-state index contributed by atoms with van der Waals surface area (Å²) < 4.78 is 3.66. The Balaban J connectivity index is 1.56. The van der Waals surface area contributed by atoms with Crippen molar-refractivity contribution >= 4 is 16.3 Å². The smallest absolute Gasteiger partial charge is 0.259 e. The van der Waals surface area contributed by atoms with Gasteiger partial charge in [0.15, 0.2) is 4.96 Å². The molecule has 0 aromatic carbocycles. The molecule has 1 fully saturated rings. The van der Waals surface area contributed by atoms with Gasteiger partial charge in [0.25, 0.3) is 5.56 Å². The second-order valence-electron chi connectivity index (χ2n) is 6.08. The van der Waals surface area contributed by atoms with Crippen LogP contribution >= 0.6 is 11.3 Å². The minimum atomic E-state index is 0.0200. The average Bonchev–Trinajstić information content (AvgIpc) is 3.24. The third-order valence-electron chi connectivity index (χ3n) is 4.45. The highest BCUT2D eigenvalue weighted by Gasteiger charge is 2.25. The Labute approximate surface area is 138 Å². The predicted molar refractivity (Wildman–Crippen MR) is 89.7 cm³/mol. The van der Waals surface area contributed by atoms with Crippen LogP contribution in [-0.4, -0.2) is 36.7 Å². The van der Waals surface area contributed by atoms with Crippen LogP contribution in [0.1, 0.15) is 24.2 Å². The van der Waals surface area contributed by atoms with Crippen LogP contribution in [0.5, 0.6) is 0 Å². The first-order valence-corrected chi connectivity index (χ1v) is 8.77. The lowest BCUT2D eigenvalue weighted by Gasteiger charge is -2.24. The molecule has 4 rings (SSSR count). The second-order valence-corrected chi connectivity index (χ2v) is 6.91. The summed E-state index contributed by atoms with van der Waals surface area (Å²) in [6.07, 6.45) is 6.17. The summed E-state index contributed by atoms with van der Waals surface area (Å²) in [5.41, 5.74) is 1.84. The van der Waals surface area contributed by atoms with Gasteiger partial charge in [-0.05, 0) is 32.4 Å². The van der Waals surface area contributed by atoms with E-state index in [4.69, 9.17) is 0 Å². The fourth-order valence-corrected chi connectivity index (χ4v) is 4.22. The van der Waals surface area contributed by atoms with E-state index in [0.29, 0.717) is 6.04 Å². The first-order chi connectivity index (χ1) is 11.2.